The van der Waals surface area contributed by atoms with E-state index in [1.54, 1.807) is 18.5 Å². The van der Waals surface area contributed by atoms with Crippen LogP contribution in [0.4, 0.5) is 10.3 Å². The van der Waals surface area contributed by atoms with Crippen molar-refractivity contribution >= 4 is 16.9 Å². The van der Waals surface area contributed by atoms with E-state index in [-0.39, 0.29) is 5.82 Å². The molecular weight excluding hydrogens is 207 g/mol. The molecule has 2 heterocycles. The fraction of sp³-hybridized carbons (Fsp3) is 0. The SMILES string of the molecule is Nc1ncc(-c2c[nH]c3ccc(F)cc23)[nH]1. The number of nitrogens with zero attached hydrogens (tertiary/aromatic N) is 1. The number of nitrogens with two attached hydrogens (primary N) is 1. The molecule has 4 nitrogen and oxygen atoms in total. The third kappa shape index (κ3) is 1.25. The third-order valence-corrected chi connectivity index (χ3v) is 2.53. The van der Waals surface area contributed by atoms with Crippen LogP contribution in [0.25, 0.3) is 22.2 Å². The molecule has 0 saturated heterocycles. The Morgan fingerprint density at radius 1 is 1.31 bits per heavy atom. The normalized spacial score (nSPS) is 11.1. The van der Waals surface area contributed by atoms with E-state index in [1.807, 2.05) is 0 Å². The van der Waals surface area contributed by atoms with Crippen molar-refractivity contribution in [3.8, 4) is 11.3 Å². The van der Waals surface area contributed by atoms with Crippen LogP contribution in [-0.4, -0.2) is 15.0 Å². The summed E-state index contributed by atoms with van der Waals surface area (Å²) in [6, 6.07) is 4.61. The van der Waals surface area contributed by atoms with Crippen molar-refractivity contribution in [2.24, 2.45) is 0 Å². The molecule has 3 aromatic rings. The second-order valence-electron chi connectivity index (χ2n) is 3.57. The number of aromatic nitrogens is 3. The lowest BCUT2D eigenvalue weighted by Gasteiger charge is -1.95. The first-order chi connectivity index (χ1) is 7.74. The number of nitrogens with one attached hydrogen (secondary N) is 2. The zero-order chi connectivity index (χ0) is 11.1. The molecule has 3 rings (SSSR count). The second-order valence-corrected chi connectivity index (χ2v) is 3.57. The van der Waals surface area contributed by atoms with Crippen LogP contribution < -0.4 is 5.73 Å². The van der Waals surface area contributed by atoms with Gasteiger partial charge in [0.05, 0.1) is 11.9 Å². The molecule has 0 aliphatic carbocycles. The third-order valence-electron chi connectivity index (χ3n) is 2.53. The molecule has 0 saturated carbocycles. The molecule has 0 fully saturated rings. The number of nitrogen functional groups attached to an aromatic ring is 1. The molecule has 0 spiro atoms. The van der Waals surface area contributed by atoms with Gasteiger partial charge in [0.2, 0.25) is 0 Å². The van der Waals surface area contributed by atoms with Gasteiger partial charge in [-0.2, -0.15) is 0 Å². The van der Waals surface area contributed by atoms with Gasteiger partial charge in [0.15, 0.2) is 5.95 Å². The largest absolute Gasteiger partial charge is 0.369 e. The summed E-state index contributed by atoms with van der Waals surface area (Å²) in [5.74, 6) is 0.0848. The average Bonchev–Trinajstić information content (AvgIpc) is 2.83. The van der Waals surface area contributed by atoms with Gasteiger partial charge in [-0.1, -0.05) is 0 Å². The van der Waals surface area contributed by atoms with Gasteiger partial charge in [0.25, 0.3) is 0 Å². The molecule has 4 N–H and O–H groups in total. The van der Waals surface area contributed by atoms with E-state index in [0.29, 0.717) is 5.95 Å². The molecule has 0 unspecified atom stereocenters. The van der Waals surface area contributed by atoms with Gasteiger partial charge in [-0.3, -0.25) is 0 Å². The number of halogens is 1. The van der Waals surface area contributed by atoms with Crippen molar-refractivity contribution < 1.29 is 4.39 Å². The van der Waals surface area contributed by atoms with E-state index in [1.165, 1.54) is 12.1 Å². The highest BCUT2D eigenvalue weighted by Gasteiger charge is 2.08. The number of imidazole rings is 1. The van der Waals surface area contributed by atoms with Crippen LogP contribution in [0.15, 0.2) is 30.6 Å². The average molecular weight is 216 g/mol. The van der Waals surface area contributed by atoms with Crippen LogP contribution in [0.1, 0.15) is 0 Å². The van der Waals surface area contributed by atoms with E-state index in [9.17, 15) is 4.39 Å². The van der Waals surface area contributed by atoms with Gasteiger partial charge in [0.1, 0.15) is 5.82 Å². The van der Waals surface area contributed by atoms with Gasteiger partial charge in [0, 0.05) is 22.7 Å². The zero-order valence-electron chi connectivity index (χ0n) is 8.29. The number of hydrogen-bond acceptors (Lipinski definition) is 2. The minimum absolute atomic E-state index is 0.263. The molecule has 5 heteroatoms. The summed E-state index contributed by atoms with van der Waals surface area (Å²) in [7, 11) is 0. The zero-order valence-corrected chi connectivity index (χ0v) is 8.29. The molecule has 0 atom stereocenters. The highest BCUT2D eigenvalue weighted by molar-refractivity contribution is 5.94. The van der Waals surface area contributed by atoms with E-state index >= 15 is 0 Å². The lowest BCUT2D eigenvalue weighted by atomic mass is 10.1. The second kappa shape index (κ2) is 3.10. The molecule has 0 aliphatic rings. The van der Waals surface area contributed by atoms with Gasteiger partial charge in [-0.25, -0.2) is 9.37 Å². The Kier molecular flexibility index (Phi) is 1.73. The van der Waals surface area contributed by atoms with Crippen molar-refractivity contribution in [3.63, 3.8) is 0 Å². The minimum atomic E-state index is -0.263. The first-order valence-corrected chi connectivity index (χ1v) is 4.81. The number of rotatable bonds is 1. The number of fused-ring (bicyclic) bond motifs is 1. The number of benzene rings is 1. The number of anilines is 1. The van der Waals surface area contributed by atoms with E-state index < -0.39 is 0 Å². The Balaban J connectivity index is 2.27. The predicted molar refractivity (Wildman–Crippen MR) is 60.3 cm³/mol. The summed E-state index contributed by atoms with van der Waals surface area (Å²) in [6.45, 7) is 0. The fourth-order valence-electron chi connectivity index (χ4n) is 1.79. The lowest BCUT2D eigenvalue weighted by molar-refractivity contribution is 0.630. The van der Waals surface area contributed by atoms with Crippen LogP contribution in [0, 0.1) is 5.82 Å². The summed E-state index contributed by atoms with van der Waals surface area (Å²) in [5, 5.41) is 0.809. The van der Waals surface area contributed by atoms with Crippen LogP contribution in [0.5, 0.6) is 0 Å². The molecule has 16 heavy (non-hydrogen) atoms. The van der Waals surface area contributed by atoms with Crippen molar-refractivity contribution in [2.75, 3.05) is 5.73 Å². The Bertz CT molecular complexity index is 653. The van der Waals surface area contributed by atoms with Crippen LogP contribution in [0.3, 0.4) is 0 Å². The first-order valence-electron chi connectivity index (χ1n) is 4.81. The minimum Gasteiger partial charge on any atom is -0.369 e. The molecule has 0 aliphatic heterocycles. The number of H-pyrrole nitrogens is 2. The van der Waals surface area contributed by atoms with E-state index in [2.05, 4.69) is 15.0 Å². The Labute approximate surface area is 90.3 Å². The Morgan fingerprint density at radius 2 is 2.19 bits per heavy atom. The van der Waals surface area contributed by atoms with Gasteiger partial charge >= 0.3 is 0 Å². The first kappa shape index (κ1) is 8.96. The predicted octanol–water partition coefficient (Wildman–Crippen LogP) is 2.28. The quantitative estimate of drug-likeness (QED) is 0.584. The maximum Gasteiger partial charge on any atom is 0.197 e. The number of hydrogen-bond donors (Lipinski definition) is 3. The van der Waals surface area contributed by atoms with Crippen LogP contribution in [-0.2, 0) is 0 Å². The van der Waals surface area contributed by atoms with Gasteiger partial charge in [-0.05, 0) is 18.2 Å². The highest BCUT2D eigenvalue weighted by atomic mass is 19.1. The molecular formula is C11H9FN4. The fourth-order valence-corrected chi connectivity index (χ4v) is 1.79. The van der Waals surface area contributed by atoms with Crippen molar-refractivity contribution in [3.05, 3.63) is 36.4 Å². The molecule has 0 bridgehead atoms. The van der Waals surface area contributed by atoms with Gasteiger partial charge in [-0.15, -0.1) is 0 Å². The highest BCUT2D eigenvalue weighted by Crippen LogP contribution is 2.27. The summed E-state index contributed by atoms with van der Waals surface area (Å²) >= 11 is 0. The monoisotopic (exact) mass is 216 g/mol. The van der Waals surface area contributed by atoms with Gasteiger partial charge < -0.3 is 15.7 Å². The summed E-state index contributed by atoms with van der Waals surface area (Å²) in [5.41, 5.74) is 8.02. The molecule has 80 valence electrons. The number of aromatic amines is 2. The topological polar surface area (TPSA) is 70.5 Å². The van der Waals surface area contributed by atoms with Crippen molar-refractivity contribution in [2.45, 2.75) is 0 Å². The van der Waals surface area contributed by atoms with Crippen LogP contribution >= 0.6 is 0 Å². The van der Waals surface area contributed by atoms with E-state index in [0.717, 1.165) is 22.2 Å². The van der Waals surface area contributed by atoms with Crippen molar-refractivity contribution in [1.82, 2.24) is 15.0 Å². The van der Waals surface area contributed by atoms with Crippen molar-refractivity contribution in [1.29, 1.82) is 0 Å². The smallest absolute Gasteiger partial charge is 0.197 e. The Morgan fingerprint density at radius 3 is 2.94 bits per heavy atom. The summed E-state index contributed by atoms with van der Waals surface area (Å²) in [4.78, 5) is 9.90. The Hall–Kier alpha value is -2.30. The standard InChI is InChI=1S/C11H9FN4/c12-6-1-2-9-7(3-6)8(4-14-9)10-5-15-11(13)16-10/h1-5,14H,(H3,13,15,16). The molecule has 0 amide bonds. The molecule has 2 aromatic heterocycles. The summed E-state index contributed by atoms with van der Waals surface area (Å²) < 4.78 is 13.2. The lowest BCUT2D eigenvalue weighted by Crippen LogP contribution is -1.85. The maximum atomic E-state index is 13.2. The van der Waals surface area contributed by atoms with E-state index in [4.69, 9.17) is 5.73 Å². The molecule has 0 radical (unpaired) electrons. The van der Waals surface area contributed by atoms with Crippen LogP contribution in [0.2, 0.25) is 0 Å². The maximum absolute atomic E-state index is 13.2. The molecule has 1 aromatic carbocycles. The summed E-state index contributed by atoms with van der Waals surface area (Å²) in [6.07, 6.45) is 3.43.